The minimum absolute atomic E-state index is 0. The molecule has 0 spiro atoms. The summed E-state index contributed by atoms with van der Waals surface area (Å²) in [4.78, 5) is 0. The second-order valence-corrected chi connectivity index (χ2v) is 2.15. The molecule has 1 rings (SSSR count). The van der Waals surface area contributed by atoms with E-state index in [9.17, 15) is 0 Å². The zero-order valence-corrected chi connectivity index (χ0v) is 7.40. The van der Waals surface area contributed by atoms with Gasteiger partial charge in [-0.3, -0.25) is 0 Å². The van der Waals surface area contributed by atoms with E-state index in [1.807, 2.05) is 0 Å². The van der Waals surface area contributed by atoms with Gasteiger partial charge >= 0.3 is 0 Å². The van der Waals surface area contributed by atoms with E-state index in [2.05, 4.69) is 32.1 Å². The molecular formula is C8H11Br. The fourth-order valence-corrected chi connectivity index (χ4v) is 0.847. The van der Waals surface area contributed by atoms with Gasteiger partial charge in [-0.2, -0.15) is 0 Å². The minimum atomic E-state index is 0. The lowest BCUT2D eigenvalue weighted by Gasteiger charge is -1.79. The molecule has 0 radical (unpaired) electrons. The molecule has 0 saturated heterocycles. The first kappa shape index (κ1) is 8.83. The van der Waals surface area contributed by atoms with Crippen LogP contribution in [0.2, 0.25) is 0 Å². The zero-order valence-electron chi connectivity index (χ0n) is 5.82. The zero-order chi connectivity index (χ0) is 5.98. The van der Waals surface area contributed by atoms with Crippen LogP contribution in [0.1, 0.15) is 20.3 Å². The van der Waals surface area contributed by atoms with Crippen molar-refractivity contribution in [2.24, 2.45) is 0 Å². The largest absolute Gasteiger partial charge is 1.00 e. The van der Waals surface area contributed by atoms with Crippen LogP contribution in [0.3, 0.4) is 0 Å². The van der Waals surface area contributed by atoms with E-state index in [1.165, 1.54) is 11.5 Å². The average Bonchev–Trinajstić information content (AvgIpc) is 2.14. The molecule has 0 aliphatic heterocycles. The van der Waals surface area contributed by atoms with Crippen molar-refractivity contribution in [3.63, 3.8) is 0 Å². The molecule has 0 aromatic carbocycles. The fraction of sp³-hybridized carbons (Fsp3) is 0.375. The van der Waals surface area contributed by atoms with Crippen LogP contribution in [0, 0.1) is 5.92 Å². The van der Waals surface area contributed by atoms with E-state index < -0.39 is 0 Å². The number of allylic oxidation sites excluding steroid dienone is 4. The third kappa shape index (κ3) is 2.27. The topological polar surface area (TPSA) is 0 Å². The maximum absolute atomic E-state index is 2.22. The summed E-state index contributed by atoms with van der Waals surface area (Å²) in [6, 6.07) is 0. The van der Waals surface area contributed by atoms with Gasteiger partial charge in [-0.15, -0.1) is 0 Å². The van der Waals surface area contributed by atoms with Crippen LogP contribution in [0.15, 0.2) is 23.8 Å². The van der Waals surface area contributed by atoms with E-state index in [0.29, 0.717) is 0 Å². The Morgan fingerprint density at radius 3 is 2.44 bits per heavy atom. The monoisotopic (exact) mass is 186 g/mol. The normalized spacial score (nSPS) is 15.3. The van der Waals surface area contributed by atoms with Crippen molar-refractivity contribution in [3.8, 4) is 0 Å². The van der Waals surface area contributed by atoms with Gasteiger partial charge in [0.05, 0.1) is 29.7 Å². The third-order valence-electron chi connectivity index (χ3n) is 1.38. The summed E-state index contributed by atoms with van der Waals surface area (Å²) in [5, 5.41) is 0. The number of hydrogen-bond donors (Lipinski definition) is 0. The van der Waals surface area contributed by atoms with Crippen molar-refractivity contribution < 1.29 is 17.0 Å². The van der Waals surface area contributed by atoms with Gasteiger partial charge in [-0.25, -0.2) is 0 Å². The van der Waals surface area contributed by atoms with Crippen molar-refractivity contribution in [3.05, 3.63) is 29.7 Å². The van der Waals surface area contributed by atoms with Gasteiger partial charge in [0.25, 0.3) is 0 Å². The molecule has 1 aliphatic carbocycles. The minimum Gasteiger partial charge on any atom is -1.00 e. The first-order chi connectivity index (χ1) is 3.83. The maximum atomic E-state index is 2.22. The molecule has 0 saturated carbocycles. The van der Waals surface area contributed by atoms with E-state index >= 15 is 0 Å². The van der Waals surface area contributed by atoms with Crippen LogP contribution < -0.4 is 17.0 Å². The fourth-order valence-electron chi connectivity index (χ4n) is 0.847. The van der Waals surface area contributed by atoms with E-state index in [-0.39, 0.29) is 17.0 Å². The molecule has 0 fully saturated rings. The predicted octanol–water partition coefficient (Wildman–Crippen LogP) is -0.509. The summed E-state index contributed by atoms with van der Waals surface area (Å²) in [5.41, 5.74) is 1.45. The van der Waals surface area contributed by atoms with Crippen LogP contribution in [-0.2, 0) is 0 Å². The SMILES string of the molecule is CCC1=C[C+](C)C=C1.[Br-]. The molecule has 1 aliphatic rings. The van der Waals surface area contributed by atoms with Gasteiger partial charge in [-0.05, 0) is 6.92 Å². The van der Waals surface area contributed by atoms with Crippen LogP contribution >= 0.6 is 0 Å². The molecule has 50 valence electrons. The summed E-state index contributed by atoms with van der Waals surface area (Å²) >= 11 is 0. The Morgan fingerprint density at radius 1 is 1.56 bits per heavy atom. The van der Waals surface area contributed by atoms with Gasteiger partial charge in [0.1, 0.15) is 0 Å². The Morgan fingerprint density at radius 2 is 2.22 bits per heavy atom. The summed E-state index contributed by atoms with van der Waals surface area (Å²) in [5.74, 6) is 1.38. The molecular weight excluding hydrogens is 176 g/mol. The smallest absolute Gasteiger partial charge is 0.0931 e. The van der Waals surface area contributed by atoms with Crippen LogP contribution in [0.5, 0.6) is 0 Å². The Bertz CT molecular complexity index is 134. The maximum Gasteiger partial charge on any atom is 0.0931 e. The van der Waals surface area contributed by atoms with Crippen molar-refractivity contribution in [2.45, 2.75) is 20.3 Å². The molecule has 0 heterocycles. The first-order valence-electron chi connectivity index (χ1n) is 3.05. The second-order valence-electron chi connectivity index (χ2n) is 2.15. The number of halogens is 1. The lowest BCUT2D eigenvalue weighted by molar-refractivity contribution is -0.00000176. The summed E-state index contributed by atoms with van der Waals surface area (Å²) in [6.07, 6.45) is 7.71. The van der Waals surface area contributed by atoms with Gasteiger partial charge in [0.15, 0.2) is 0 Å². The molecule has 0 amide bonds. The summed E-state index contributed by atoms with van der Waals surface area (Å²) < 4.78 is 0. The quantitative estimate of drug-likeness (QED) is 0.485. The Kier molecular flexibility index (Phi) is 3.71. The third-order valence-corrected chi connectivity index (χ3v) is 1.38. The van der Waals surface area contributed by atoms with E-state index in [4.69, 9.17) is 0 Å². The van der Waals surface area contributed by atoms with Crippen LogP contribution in [0.4, 0.5) is 0 Å². The Labute approximate surface area is 67.4 Å². The standard InChI is InChI=1S/C8H11.BrH/c1-3-8-5-4-7(2)6-8;/h4-6H,3H2,1-2H3;1H/q+1;/p-1. The average molecular weight is 187 g/mol. The highest BCUT2D eigenvalue weighted by molar-refractivity contribution is 5.39. The highest BCUT2D eigenvalue weighted by Gasteiger charge is 2.10. The van der Waals surface area contributed by atoms with E-state index in [0.717, 1.165) is 6.42 Å². The molecule has 0 aromatic heterocycles. The predicted molar refractivity (Wildman–Crippen MR) is 36.4 cm³/mol. The van der Waals surface area contributed by atoms with Crippen molar-refractivity contribution in [1.29, 1.82) is 0 Å². The van der Waals surface area contributed by atoms with Crippen LogP contribution in [0.25, 0.3) is 0 Å². The molecule has 0 unspecified atom stereocenters. The molecule has 0 aromatic rings. The number of hydrogen-bond acceptors (Lipinski definition) is 0. The Balaban J connectivity index is 0.000000640. The molecule has 0 N–H and O–H groups in total. The van der Waals surface area contributed by atoms with Crippen molar-refractivity contribution in [2.75, 3.05) is 0 Å². The van der Waals surface area contributed by atoms with Gasteiger partial charge in [-0.1, -0.05) is 0 Å². The van der Waals surface area contributed by atoms with Gasteiger partial charge in [0, 0.05) is 13.3 Å². The van der Waals surface area contributed by atoms with Crippen molar-refractivity contribution in [1.82, 2.24) is 0 Å². The molecule has 9 heavy (non-hydrogen) atoms. The highest BCUT2D eigenvalue weighted by Crippen LogP contribution is 2.18. The highest BCUT2D eigenvalue weighted by atomic mass is 79.9. The lowest BCUT2D eigenvalue weighted by Crippen LogP contribution is -3.00. The van der Waals surface area contributed by atoms with Crippen molar-refractivity contribution >= 4 is 0 Å². The molecule has 1 heteroatoms. The van der Waals surface area contributed by atoms with Crippen LogP contribution in [-0.4, -0.2) is 0 Å². The van der Waals surface area contributed by atoms with Gasteiger partial charge < -0.3 is 17.0 Å². The van der Waals surface area contributed by atoms with Gasteiger partial charge in [0.2, 0.25) is 0 Å². The number of rotatable bonds is 1. The summed E-state index contributed by atoms with van der Waals surface area (Å²) in [7, 11) is 0. The first-order valence-corrected chi connectivity index (χ1v) is 3.05. The Hall–Kier alpha value is -0.170. The molecule has 0 nitrogen and oxygen atoms in total. The summed E-state index contributed by atoms with van der Waals surface area (Å²) in [6.45, 7) is 4.30. The molecule has 0 bridgehead atoms. The van der Waals surface area contributed by atoms with E-state index in [1.54, 1.807) is 0 Å². The lowest BCUT2D eigenvalue weighted by atomic mass is 10.2. The second kappa shape index (κ2) is 3.78. The molecule has 0 atom stereocenters.